The fourth-order valence-corrected chi connectivity index (χ4v) is 2.15. The molecule has 0 N–H and O–H groups in total. The molecule has 0 atom stereocenters. The molecular formula is C13H7Cl3FNO2. The molecule has 0 fully saturated rings. The molecular weight excluding hydrogens is 328 g/mol. The average Bonchev–Trinajstić information content (AvgIpc) is 2.44. The summed E-state index contributed by atoms with van der Waals surface area (Å²) in [5.74, 6) is -1.29. The lowest BCUT2D eigenvalue weighted by atomic mass is 10.1. The van der Waals surface area contributed by atoms with Crippen molar-refractivity contribution in [2.24, 2.45) is 0 Å². The highest BCUT2D eigenvalue weighted by Gasteiger charge is 2.15. The molecule has 0 aliphatic rings. The van der Waals surface area contributed by atoms with Crippen LogP contribution in [0.25, 0.3) is 11.3 Å². The molecule has 0 unspecified atom stereocenters. The molecule has 104 valence electrons. The molecule has 0 saturated heterocycles. The maximum Gasteiger partial charge on any atom is 0.356 e. The summed E-state index contributed by atoms with van der Waals surface area (Å²) >= 11 is 17.6. The summed E-state index contributed by atoms with van der Waals surface area (Å²) in [6, 6.07) is 5.18. The lowest BCUT2D eigenvalue weighted by Gasteiger charge is -2.07. The monoisotopic (exact) mass is 333 g/mol. The van der Waals surface area contributed by atoms with Gasteiger partial charge in [0.25, 0.3) is 0 Å². The third kappa shape index (κ3) is 2.87. The van der Waals surface area contributed by atoms with Crippen LogP contribution in [0.15, 0.2) is 24.3 Å². The molecule has 1 aromatic carbocycles. The Morgan fingerprint density at radius 1 is 1.20 bits per heavy atom. The summed E-state index contributed by atoms with van der Waals surface area (Å²) in [5.41, 5.74) is 0.229. The minimum atomic E-state index is -0.669. The lowest BCUT2D eigenvalue weighted by molar-refractivity contribution is 0.0594. The van der Waals surface area contributed by atoms with E-state index in [1.165, 1.54) is 25.3 Å². The Labute approximate surface area is 129 Å². The number of carbonyl (C=O) groups excluding carboxylic acids is 1. The summed E-state index contributed by atoms with van der Waals surface area (Å²) in [6.07, 6.45) is 0. The van der Waals surface area contributed by atoms with Crippen LogP contribution >= 0.6 is 34.8 Å². The van der Waals surface area contributed by atoms with Crippen LogP contribution < -0.4 is 0 Å². The third-order valence-corrected chi connectivity index (χ3v) is 3.69. The zero-order chi connectivity index (χ0) is 14.9. The van der Waals surface area contributed by atoms with E-state index in [-0.39, 0.29) is 26.5 Å². The number of rotatable bonds is 2. The smallest absolute Gasteiger partial charge is 0.356 e. The van der Waals surface area contributed by atoms with Gasteiger partial charge in [0.15, 0.2) is 0 Å². The van der Waals surface area contributed by atoms with Gasteiger partial charge in [0, 0.05) is 5.56 Å². The molecule has 0 spiro atoms. The minimum Gasteiger partial charge on any atom is -0.464 e. The molecule has 7 heteroatoms. The molecule has 0 aliphatic carbocycles. The number of esters is 1. The first kappa shape index (κ1) is 15.0. The second kappa shape index (κ2) is 5.95. The van der Waals surface area contributed by atoms with Gasteiger partial charge in [0.05, 0.1) is 22.2 Å². The fraction of sp³-hybridized carbons (Fsp3) is 0.0769. The van der Waals surface area contributed by atoms with Crippen LogP contribution in [0.3, 0.4) is 0 Å². The standard InChI is InChI=1S/C13H7Cl3FNO2/c1-20-13(19)10-3-2-9(17)12(18-10)6-4-7(14)11(16)8(15)5-6/h2-5H,1H3. The van der Waals surface area contributed by atoms with Crippen molar-refractivity contribution in [3.63, 3.8) is 0 Å². The molecule has 3 nitrogen and oxygen atoms in total. The molecule has 0 bridgehead atoms. The normalized spacial score (nSPS) is 10.4. The van der Waals surface area contributed by atoms with Crippen LogP contribution in [0.4, 0.5) is 4.39 Å². The van der Waals surface area contributed by atoms with Gasteiger partial charge in [-0.15, -0.1) is 0 Å². The predicted molar refractivity (Wildman–Crippen MR) is 76.0 cm³/mol. The number of nitrogens with zero attached hydrogens (tertiary/aromatic N) is 1. The maximum absolute atomic E-state index is 13.9. The van der Waals surface area contributed by atoms with Crippen molar-refractivity contribution in [3.8, 4) is 11.3 Å². The number of hydrogen-bond donors (Lipinski definition) is 0. The van der Waals surface area contributed by atoms with Gasteiger partial charge in [-0.25, -0.2) is 14.2 Å². The molecule has 0 amide bonds. The van der Waals surface area contributed by atoms with Gasteiger partial charge >= 0.3 is 5.97 Å². The van der Waals surface area contributed by atoms with E-state index < -0.39 is 11.8 Å². The number of halogens is 4. The van der Waals surface area contributed by atoms with Gasteiger partial charge < -0.3 is 4.74 Å². The molecule has 20 heavy (non-hydrogen) atoms. The van der Waals surface area contributed by atoms with Crippen LogP contribution in [-0.2, 0) is 4.74 Å². The minimum absolute atomic E-state index is 0.0221. The first-order valence-electron chi connectivity index (χ1n) is 5.34. The van der Waals surface area contributed by atoms with Gasteiger partial charge in [0.2, 0.25) is 0 Å². The quantitative estimate of drug-likeness (QED) is 0.593. The van der Waals surface area contributed by atoms with Crippen LogP contribution in [-0.4, -0.2) is 18.1 Å². The van der Waals surface area contributed by atoms with E-state index in [1.54, 1.807) is 0 Å². The summed E-state index contributed by atoms with van der Waals surface area (Å²) in [6.45, 7) is 0. The van der Waals surface area contributed by atoms with E-state index in [4.69, 9.17) is 34.8 Å². The Kier molecular flexibility index (Phi) is 4.48. The summed E-state index contributed by atoms with van der Waals surface area (Å²) in [7, 11) is 1.21. The topological polar surface area (TPSA) is 39.2 Å². The van der Waals surface area contributed by atoms with Crippen LogP contribution in [0.5, 0.6) is 0 Å². The van der Waals surface area contributed by atoms with E-state index >= 15 is 0 Å². The summed E-state index contributed by atoms with van der Waals surface area (Å²) < 4.78 is 18.4. The SMILES string of the molecule is COC(=O)c1ccc(F)c(-c2cc(Cl)c(Cl)c(Cl)c2)n1. The van der Waals surface area contributed by atoms with E-state index in [0.29, 0.717) is 5.56 Å². The first-order valence-corrected chi connectivity index (χ1v) is 6.47. The van der Waals surface area contributed by atoms with E-state index in [2.05, 4.69) is 9.72 Å². The zero-order valence-electron chi connectivity index (χ0n) is 10.1. The lowest BCUT2D eigenvalue weighted by Crippen LogP contribution is -2.05. The van der Waals surface area contributed by atoms with Crippen molar-refractivity contribution >= 4 is 40.8 Å². The van der Waals surface area contributed by atoms with E-state index in [1.807, 2.05) is 0 Å². The maximum atomic E-state index is 13.9. The van der Waals surface area contributed by atoms with Gasteiger partial charge in [-0.1, -0.05) is 34.8 Å². The van der Waals surface area contributed by atoms with Crippen molar-refractivity contribution in [2.45, 2.75) is 0 Å². The molecule has 2 aromatic rings. The zero-order valence-corrected chi connectivity index (χ0v) is 12.4. The van der Waals surface area contributed by atoms with E-state index in [0.717, 1.165) is 6.07 Å². The highest BCUT2D eigenvalue weighted by molar-refractivity contribution is 6.48. The number of methoxy groups -OCH3 is 1. The Hall–Kier alpha value is -1.36. The van der Waals surface area contributed by atoms with Crippen LogP contribution in [0.1, 0.15) is 10.5 Å². The van der Waals surface area contributed by atoms with Gasteiger partial charge in [0.1, 0.15) is 17.2 Å². The number of pyridine rings is 1. The van der Waals surface area contributed by atoms with Crippen molar-refractivity contribution in [3.05, 3.63) is 50.8 Å². The molecule has 1 aromatic heterocycles. The summed E-state index contributed by atoms with van der Waals surface area (Å²) in [5, 5.41) is 0.499. The number of carbonyl (C=O) groups is 1. The molecule has 1 heterocycles. The average molecular weight is 335 g/mol. The van der Waals surface area contributed by atoms with Crippen LogP contribution in [0.2, 0.25) is 15.1 Å². The Morgan fingerprint density at radius 2 is 1.80 bits per heavy atom. The largest absolute Gasteiger partial charge is 0.464 e. The molecule has 0 aliphatic heterocycles. The molecule has 2 rings (SSSR count). The highest BCUT2D eigenvalue weighted by Crippen LogP contribution is 2.35. The Morgan fingerprint density at radius 3 is 2.35 bits per heavy atom. The number of hydrogen-bond acceptors (Lipinski definition) is 3. The van der Waals surface area contributed by atoms with Gasteiger partial charge in [-0.05, 0) is 24.3 Å². The van der Waals surface area contributed by atoms with Gasteiger partial charge in [-0.2, -0.15) is 0 Å². The fourth-order valence-electron chi connectivity index (χ4n) is 1.56. The summed E-state index contributed by atoms with van der Waals surface area (Å²) in [4.78, 5) is 15.3. The van der Waals surface area contributed by atoms with E-state index in [9.17, 15) is 9.18 Å². The Balaban J connectivity index is 2.60. The van der Waals surface area contributed by atoms with Crippen molar-refractivity contribution in [1.82, 2.24) is 4.98 Å². The molecule has 0 saturated carbocycles. The van der Waals surface area contributed by atoms with Crippen molar-refractivity contribution < 1.29 is 13.9 Å². The second-order valence-corrected chi connectivity index (χ2v) is 4.96. The van der Waals surface area contributed by atoms with Gasteiger partial charge in [-0.3, -0.25) is 0 Å². The molecule has 0 radical (unpaired) electrons. The highest BCUT2D eigenvalue weighted by atomic mass is 35.5. The Bertz CT molecular complexity index is 668. The van der Waals surface area contributed by atoms with Crippen molar-refractivity contribution in [2.75, 3.05) is 7.11 Å². The number of benzene rings is 1. The second-order valence-electron chi connectivity index (χ2n) is 3.77. The van der Waals surface area contributed by atoms with Crippen LogP contribution in [0, 0.1) is 5.82 Å². The number of ether oxygens (including phenoxy) is 1. The van der Waals surface area contributed by atoms with Crippen molar-refractivity contribution in [1.29, 1.82) is 0 Å². The number of aromatic nitrogens is 1. The first-order chi connectivity index (χ1) is 9.43. The third-order valence-electron chi connectivity index (χ3n) is 2.50. The predicted octanol–water partition coefficient (Wildman–Crippen LogP) is 4.63.